The first-order valence-corrected chi connectivity index (χ1v) is 14.2. The third-order valence-corrected chi connectivity index (χ3v) is 6.55. The molecular formula is C23H40O2Si. The standard InChI is InChI=1S/C23H40O2Si/c1-5-6-7-8-9-10-11-14-17-22(24)18-15-12-13-16-21-19-23(25-20-21)26(2,3)4/h12,15,19-20H,5-11,13-14,16-18H2,1-4H3/b15-12+. The van der Waals surface area contributed by atoms with E-state index < -0.39 is 8.07 Å². The Morgan fingerprint density at radius 1 is 1.00 bits per heavy atom. The summed E-state index contributed by atoms with van der Waals surface area (Å²) in [4.78, 5) is 11.9. The maximum absolute atomic E-state index is 11.9. The molecule has 0 N–H and O–H groups in total. The molecule has 0 fully saturated rings. The number of Topliss-reactive ketones (excluding diaryl/α,β-unsaturated/α-hetero) is 1. The summed E-state index contributed by atoms with van der Waals surface area (Å²) in [6.07, 6.45) is 19.7. The van der Waals surface area contributed by atoms with Gasteiger partial charge in [0.2, 0.25) is 0 Å². The van der Waals surface area contributed by atoms with Gasteiger partial charge in [0, 0.05) is 12.8 Å². The Kier molecular flexibility index (Phi) is 11.6. The molecule has 0 aromatic carbocycles. The van der Waals surface area contributed by atoms with Crippen LogP contribution >= 0.6 is 0 Å². The van der Waals surface area contributed by atoms with Gasteiger partial charge in [-0.2, -0.15) is 0 Å². The maximum atomic E-state index is 11.9. The molecule has 0 spiro atoms. The maximum Gasteiger partial charge on any atom is 0.136 e. The van der Waals surface area contributed by atoms with Crippen molar-refractivity contribution in [2.45, 2.75) is 104 Å². The summed E-state index contributed by atoms with van der Waals surface area (Å²) in [5, 5.41) is 1.18. The Morgan fingerprint density at radius 3 is 2.27 bits per heavy atom. The minimum atomic E-state index is -1.34. The molecule has 3 heteroatoms. The van der Waals surface area contributed by atoms with Crippen LogP contribution in [0.1, 0.15) is 83.1 Å². The third-order valence-electron chi connectivity index (χ3n) is 4.81. The zero-order valence-corrected chi connectivity index (χ0v) is 18.6. The van der Waals surface area contributed by atoms with E-state index in [1.54, 1.807) is 0 Å². The summed E-state index contributed by atoms with van der Waals surface area (Å²) < 4.78 is 5.70. The van der Waals surface area contributed by atoms with Gasteiger partial charge >= 0.3 is 0 Å². The quantitative estimate of drug-likeness (QED) is 0.191. The van der Waals surface area contributed by atoms with Crippen LogP contribution in [0.5, 0.6) is 0 Å². The van der Waals surface area contributed by atoms with Gasteiger partial charge < -0.3 is 4.42 Å². The zero-order valence-electron chi connectivity index (χ0n) is 17.6. The second kappa shape index (κ2) is 13.1. The Labute approximate surface area is 162 Å². The topological polar surface area (TPSA) is 30.2 Å². The molecule has 0 unspecified atom stereocenters. The Bertz CT molecular complexity index is 523. The summed E-state index contributed by atoms with van der Waals surface area (Å²) in [5.41, 5.74) is 1.28. The molecule has 26 heavy (non-hydrogen) atoms. The van der Waals surface area contributed by atoms with Crippen molar-refractivity contribution < 1.29 is 9.21 Å². The number of ketones is 1. The van der Waals surface area contributed by atoms with Gasteiger partial charge in [0.05, 0.1) is 11.6 Å². The van der Waals surface area contributed by atoms with Gasteiger partial charge in [0.15, 0.2) is 0 Å². The van der Waals surface area contributed by atoms with Crippen LogP contribution in [0.4, 0.5) is 0 Å². The van der Waals surface area contributed by atoms with E-state index >= 15 is 0 Å². The van der Waals surface area contributed by atoms with E-state index in [-0.39, 0.29) is 0 Å². The van der Waals surface area contributed by atoms with E-state index in [2.05, 4.69) is 38.7 Å². The van der Waals surface area contributed by atoms with Gasteiger partial charge in [-0.25, -0.2) is 0 Å². The van der Waals surface area contributed by atoms with Crippen molar-refractivity contribution in [1.29, 1.82) is 0 Å². The van der Waals surface area contributed by atoms with E-state index in [0.717, 1.165) is 25.7 Å². The number of rotatable bonds is 15. The van der Waals surface area contributed by atoms with Crippen molar-refractivity contribution in [2.75, 3.05) is 0 Å². The van der Waals surface area contributed by atoms with E-state index in [9.17, 15) is 4.79 Å². The summed E-state index contributed by atoms with van der Waals surface area (Å²) in [5.74, 6) is 0.386. The molecule has 0 aliphatic heterocycles. The second-order valence-electron chi connectivity index (χ2n) is 8.55. The Hall–Kier alpha value is -1.09. The fraction of sp³-hybridized carbons (Fsp3) is 0.696. The van der Waals surface area contributed by atoms with Crippen molar-refractivity contribution in [3.63, 3.8) is 0 Å². The SMILES string of the molecule is CCCCCCCCCCC(=O)C/C=C/CCc1coc([Si](C)(C)C)c1. The molecule has 1 heterocycles. The van der Waals surface area contributed by atoms with Crippen LogP contribution < -0.4 is 5.38 Å². The monoisotopic (exact) mass is 376 g/mol. The van der Waals surface area contributed by atoms with Gasteiger partial charge in [-0.05, 0) is 30.9 Å². The third kappa shape index (κ3) is 10.8. The summed E-state index contributed by atoms with van der Waals surface area (Å²) in [6, 6.07) is 2.22. The average Bonchev–Trinajstić information content (AvgIpc) is 3.06. The van der Waals surface area contributed by atoms with Crippen LogP contribution in [0.2, 0.25) is 19.6 Å². The molecule has 148 valence electrons. The number of carbonyl (C=O) groups is 1. The van der Waals surface area contributed by atoms with Crippen molar-refractivity contribution in [3.8, 4) is 0 Å². The lowest BCUT2D eigenvalue weighted by Crippen LogP contribution is -2.36. The minimum absolute atomic E-state index is 0.386. The number of hydrogen-bond donors (Lipinski definition) is 0. The fourth-order valence-electron chi connectivity index (χ4n) is 3.04. The number of furan rings is 1. The first kappa shape index (κ1) is 22.9. The lowest BCUT2D eigenvalue weighted by Gasteiger charge is -2.10. The number of allylic oxidation sites excluding steroid dienone is 2. The predicted octanol–water partition coefficient (Wildman–Crippen LogP) is 6.80. The van der Waals surface area contributed by atoms with Crippen LogP contribution in [0, 0.1) is 0 Å². The molecule has 0 aliphatic rings. The van der Waals surface area contributed by atoms with E-state index in [0.29, 0.717) is 12.2 Å². The lowest BCUT2D eigenvalue weighted by molar-refractivity contribution is -0.118. The van der Waals surface area contributed by atoms with E-state index in [1.165, 1.54) is 55.9 Å². The highest BCUT2D eigenvalue weighted by Gasteiger charge is 2.20. The van der Waals surface area contributed by atoms with Crippen molar-refractivity contribution in [2.24, 2.45) is 0 Å². The molecule has 1 aromatic heterocycles. The largest absolute Gasteiger partial charge is 0.474 e. The van der Waals surface area contributed by atoms with Gasteiger partial charge in [0.1, 0.15) is 13.9 Å². The van der Waals surface area contributed by atoms with Crippen LogP contribution in [0.15, 0.2) is 28.9 Å². The zero-order chi connectivity index (χ0) is 19.3. The molecule has 2 nitrogen and oxygen atoms in total. The molecule has 0 saturated carbocycles. The van der Waals surface area contributed by atoms with E-state index in [1.807, 2.05) is 12.3 Å². The van der Waals surface area contributed by atoms with E-state index in [4.69, 9.17) is 4.42 Å². The highest BCUT2D eigenvalue weighted by atomic mass is 28.3. The molecule has 0 bridgehead atoms. The van der Waals surface area contributed by atoms with Crippen LogP contribution in [-0.2, 0) is 11.2 Å². The van der Waals surface area contributed by atoms with Crippen molar-refractivity contribution in [3.05, 3.63) is 30.0 Å². The Balaban J connectivity index is 2.04. The van der Waals surface area contributed by atoms with Crippen LogP contribution in [0.25, 0.3) is 0 Å². The molecule has 0 aliphatic carbocycles. The predicted molar refractivity (Wildman–Crippen MR) is 116 cm³/mol. The first-order valence-electron chi connectivity index (χ1n) is 10.7. The van der Waals surface area contributed by atoms with Gasteiger partial charge in [-0.1, -0.05) is 83.7 Å². The molecule has 0 radical (unpaired) electrons. The summed E-state index contributed by atoms with van der Waals surface area (Å²) in [7, 11) is -1.34. The number of hydrogen-bond acceptors (Lipinski definition) is 2. The van der Waals surface area contributed by atoms with Crippen LogP contribution in [0.3, 0.4) is 0 Å². The molecule has 1 rings (SSSR count). The Morgan fingerprint density at radius 2 is 1.65 bits per heavy atom. The van der Waals surface area contributed by atoms with Crippen molar-refractivity contribution in [1.82, 2.24) is 0 Å². The smallest absolute Gasteiger partial charge is 0.136 e. The molecule has 0 saturated heterocycles. The van der Waals surface area contributed by atoms with Crippen molar-refractivity contribution >= 4 is 19.2 Å². The number of carbonyl (C=O) groups excluding carboxylic acids is 1. The molecule has 1 aromatic rings. The molecular weight excluding hydrogens is 336 g/mol. The molecule has 0 atom stereocenters. The van der Waals surface area contributed by atoms with Gasteiger partial charge in [-0.15, -0.1) is 0 Å². The fourth-order valence-corrected chi connectivity index (χ4v) is 4.07. The lowest BCUT2D eigenvalue weighted by atomic mass is 10.0. The average molecular weight is 377 g/mol. The number of unbranched alkanes of at least 4 members (excludes halogenated alkanes) is 7. The summed E-state index contributed by atoms with van der Waals surface area (Å²) >= 11 is 0. The molecule has 0 amide bonds. The second-order valence-corrected chi connectivity index (χ2v) is 13.5. The summed E-state index contributed by atoms with van der Waals surface area (Å²) in [6.45, 7) is 9.15. The van der Waals surface area contributed by atoms with Crippen LogP contribution in [-0.4, -0.2) is 13.9 Å². The van der Waals surface area contributed by atoms with Gasteiger partial charge in [0.25, 0.3) is 0 Å². The highest BCUT2D eigenvalue weighted by molar-refractivity contribution is 6.87. The first-order chi connectivity index (χ1) is 12.4. The highest BCUT2D eigenvalue weighted by Crippen LogP contribution is 2.11. The normalized spacial score (nSPS) is 12.2. The minimum Gasteiger partial charge on any atom is -0.474 e. The van der Waals surface area contributed by atoms with Gasteiger partial charge in [-0.3, -0.25) is 4.79 Å². The number of aryl methyl sites for hydroxylation is 1.